The molecule has 1 aromatic rings. The maximum absolute atomic E-state index is 6.08. The van der Waals surface area contributed by atoms with Gasteiger partial charge in [0.1, 0.15) is 0 Å². The van der Waals surface area contributed by atoms with Crippen LogP contribution in [-0.4, -0.2) is 25.7 Å². The summed E-state index contributed by atoms with van der Waals surface area (Å²) in [4.78, 5) is 4.59. The zero-order valence-electron chi connectivity index (χ0n) is 15.2. The van der Waals surface area contributed by atoms with Crippen LogP contribution in [-0.2, 0) is 4.74 Å². The molecule has 1 aliphatic rings. The van der Waals surface area contributed by atoms with Crippen molar-refractivity contribution in [2.45, 2.75) is 52.4 Å². The molecule has 0 aromatic heterocycles. The number of hydrogen-bond donors (Lipinski definition) is 2. The quantitative estimate of drug-likeness (QED) is 0.263. The van der Waals surface area contributed by atoms with Gasteiger partial charge in [-0.15, -0.1) is 24.0 Å². The van der Waals surface area contributed by atoms with Crippen LogP contribution in [0.3, 0.4) is 0 Å². The zero-order valence-corrected chi connectivity index (χ0v) is 17.5. The van der Waals surface area contributed by atoms with Crippen molar-refractivity contribution in [2.24, 2.45) is 16.1 Å². The van der Waals surface area contributed by atoms with E-state index in [1.165, 1.54) is 24.8 Å². The Hall–Kier alpha value is -0.820. The first-order valence-electron chi connectivity index (χ1n) is 8.79. The second kappa shape index (κ2) is 10.2. The second-order valence-corrected chi connectivity index (χ2v) is 6.91. The Morgan fingerprint density at radius 2 is 2.12 bits per heavy atom. The molecule has 24 heavy (non-hydrogen) atoms. The SMILES string of the molecule is CCOCCC1(CN=C(N)Nc2cccc(C(C)C)c2)CCC1.I. The number of nitrogens with two attached hydrogens (primary N) is 1. The fraction of sp³-hybridized carbons (Fsp3) is 0.632. The van der Waals surface area contributed by atoms with Gasteiger partial charge in [-0.3, -0.25) is 4.99 Å². The number of rotatable bonds is 8. The fourth-order valence-corrected chi connectivity index (χ4v) is 3.01. The smallest absolute Gasteiger partial charge is 0.193 e. The molecule has 136 valence electrons. The minimum absolute atomic E-state index is 0. The summed E-state index contributed by atoms with van der Waals surface area (Å²) in [5, 5.41) is 3.22. The topological polar surface area (TPSA) is 59.6 Å². The van der Waals surface area contributed by atoms with E-state index >= 15 is 0 Å². The van der Waals surface area contributed by atoms with E-state index < -0.39 is 0 Å². The predicted octanol–water partition coefficient (Wildman–Crippen LogP) is 4.75. The van der Waals surface area contributed by atoms with Gasteiger partial charge in [0.2, 0.25) is 0 Å². The van der Waals surface area contributed by atoms with Gasteiger partial charge in [0.05, 0.1) is 0 Å². The molecule has 0 spiro atoms. The van der Waals surface area contributed by atoms with Gasteiger partial charge in [0.15, 0.2) is 5.96 Å². The summed E-state index contributed by atoms with van der Waals surface area (Å²) in [6.45, 7) is 8.83. The minimum Gasteiger partial charge on any atom is -0.382 e. The fourth-order valence-electron chi connectivity index (χ4n) is 3.01. The van der Waals surface area contributed by atoms with E-state index in [9.17, 15) is 0 Å². The van der Waals surface area contributed by atoms with E-state index in [2.05, 4.69) is 42.4 Å². The average Bonchev–Trinajstić information content (AvgIpc) is 2.49. The van der Waals surface area contributed by atoms with Gasteiger partial charge in [-0.2, -0.15) is 0 Å². The normalized spacial score (nSPS) is 16.4. The Balaban J connectivity index is 0.00000288. The van der Waals surface area contributed by atoms with Gasteiger partial charge >= 0.3 is 0 Å². The summed E-state index contributed by atoms with van der Waals surface area (Å²) in [5.41, 5.74) is 8.70. The number of hydrogen-bond acceptors (Lipinski definition) is 2. The molecule has 1 saturated carbocycles. The van der Waals surface area contributed by atoms with E-state index in [1.807, 2.05) is 13.0 Å². The number of halogens is 1. The second-order valence-electron chi connectivity index (χ2n) is 6.91. The maximum atomic E-state index is 6.08. The molecule has 5 heteroatoms. The van der Waals surface area contributed by atoms with Crippen LogP contribution in [0.5, 0.6) is 0 Å². The summed E-state index contributed by atoms with van der Waals surface area (Å²) in [5.74, 6) is 1.01. The van der Waals surface area contributed by atoms with Crippen LogP contribution >= 0.6 is 24.0 Å². The van der Waals surface area contributed by atoms with Crippen molar-refractivity contribution in [1.29, 1.82) is 0 Å². The molecule has 3 N–H and O–H groups in total. The molecule has 0 radical (unpaired) electrons. The van der Waals surface area contributed by atoms with Crippen molar-refractivity contribution in [3.8, 4) is 0 Å². The Bertz CT molecular complexity index is 527. The van der Waals surface area contributed by atoms with E-state index in [4.69, 9.17) is 10.5 Å². The maximum Gasteiger partial charge on any atom is 0.193 e. The number of aliphatic imine (C=N–C) groups is 1. The van der Waals surface area contributed by atoms with Gasteiger partial charge in [0.25, 0.3) is 0 Å². The van der Waals surface area contributed by atoms with Gasteiger partial charge in [0, 0.05) is 25.4 Å². The van der Waals surface area contributed by atoms with Crippen LogP contribution < -0.4 is 11.1 Å². The van der Waals surface area contributed by atoms with Crippen molar-refractivity contribution >= 4 is 35.6 Å². The van der Waals surface area contributed by atoms with Crippen LogP contribution in [0.1, 0.15) is 57.9 Å². The van der Waals surface area contributed by atoms with E-state index in [1.54, 1.807) is 0 Å². The number of ether oxygens (including phenoxy) is 1. The molecule has 0 bridgehead atoms. The third-order valence-corrected chi connectivity index (χ3v) is 4.81. The van der Waals surface area contributed by atoms with E-state index in [-0.39, 0.29) is 24.0 Å². The first-order chi connectivity index (χ1) is 11.0. The zero-order chi connectivity index (χ0) is 16.7. The molecule has 0 amide bonds. The summed E-state index contributed by atoms with van der Waals surface area (Å²) < 4.78 is 5.51. The van der Waals surface area contributed by atoms with Crippen molar-refractivity contribution in [3.05, 3.63) is 29.8 Å². The lowest BCUT2D eigenvalue weighted by atomic mass is 9.67. The molecular weight excluding hydrogens is 413 g/mol. The molecule has 0 heterocycles. The minimum atomic E-state index is 0. The Labute approximate surface area is 163 Å². The molecule has 1 aliphatic carbocycles. The molecule has 4 nitrogen and oxygen atoms in total. The molecule has 1 fully saturated rings. The number of nitrogens with one attached hydrogen (secondary N) is 1. The molecule has 0 unspecified atom stereocenters. The third-order valence-electron chi connectivity index (χ3n) is 4.81. The first kappa shape index (κ1) is 21.2. The van der Waals surface area contributed by atoms with E-state index in [0.29, 0.717) is 17.3 Å². The highest BCUT2D eigenvalue weighted by atomic mass is 127. The standard InChI is InChI=1S/C19H31N3O.HI/c1-4-23-12-11-19(9-6-10-19)14-21-18(20)22-17-8-5-7-16(13-17)15(2)3;/h5,7-8,13,15H,4,6,9-12,14H2,1-3H3,(H3,20,21,22);1H. The van der Waals surface area contributed by atoms with E-state index in [0.717, 1.165) is 31.9 Å². The summed E-state index contributed by atoms with van der Waals surface area (Å²) in [6, 6.07) is 8.37. The van der Waals surface area contributed by atoms with Crippen LogP contribution in [0.25, 0.3) is 0 Å². The van der Waals surface area contributed by atoms with Crippen LogP contribution in [0.4, 0.5) is 5.69 Å². The number of benzene rings is 1. The van der Waals surface area contributed by atoms with Gasteiger partial charge in [-0.1, -0.05) is 32.4 Å². The Kier molecular flexibility index (Phi) is 9.05. The molecule has 0 aliphatic heterocycles. The lowest BCUT2D eigenvalue weighted by molar-refractivity contribution is 0.0610. The van der Waals surface area contributed by atoms with Gasteiger partial charge < -0.3 is 15.8 Å². The number of nitrogens with zero attached hydrogens (tertiary/aromatic N) is 1. The largest absolute Gasteiger partial charge is 0.382 e. The highest BCUT2D eigenvalue weighted by Gasteiger charge is 2.36. The third kappa shape index (κ3) is 6.24. The highest BCUT2D eigenvalue weighted by Crippen LogP contribution is 2.44. The highest BCUT2D eigenvalue weighted by molar-refractivity contribution is 14.0. The molecule has 0 atom stereocenters. The van der Waals surface area contributed by atoms with Gasteiger partial charge in [-0.25, -0.2) is 0 Å². The van der Waals surface area contributed by atoms with Crippen molar-refractivity contribution in [2.75, 3.05) is 25.1 Å². The summed E-state index contributed by atoms with van der Waals surface area (Å²) in [7, 11) is 0. The molecule has 2 rings (SSSR count). The summed E-state index contributed by atoms with van der Waals surface area (Å²) in [6.07, 6.45) is 4.85. The average molecular weight is 445 g/mol. The molecular formula is C19H32IN3O. The number of anilines is 1. The van der Waals surface area contributed by atoms with Crippen molar-refractivity contribution in [3.63, 3.8) is 0 Å². The van der Waals surface area contributed by atoms with Crippen molar-refractivity contribution < 1.29 is 4.74 Å². The monoisotopic (exact) mass is 445 g/mol. The Morgan fingerprint density at radius 3 is 2.71 bits per heavy atom. The van der Waals surface area contributed by atoms with Crippen molar-refractivity contribution in [1.82, 2.24) is 0 Å². The van der Waals surface area contributed by atoms with Crippen LogP contribution in [0.2, 0.25) is 0 Å². The molecule has 0 saturated heterocycles. The predicted molar refractivity (Wildman–Crippen MR) is 113 cm³/mol. The molecule has 1 aromatic carbocycles. The lowest BCUT2D eigenvalue weighted by Crippen LogP contribution is -2.35. The number of guanidine groups is 1. The van der Waals surface area contributed by atoms with Crippen LogP contribution in [0, 0.1) is 5.41 Å². The summed E-state index contributed by atoms with van der Waals surface area (Å²) >= 11 is 0. The lowest BCUT2D eigenvalue weighted by Gasteiger charge is -2.40. The Morgan fingerprint density at radius 1 is 1.38 bits per heavy atom. The van der Waals surface area contributed by atoms with Gasteiger partial charge in [-0.05, 0) is 55.2 Å². The van der Waals surface area contributed by atoms with Crippen LogP contribution in [0.15, 0.2) is 29.3 Å². The first-order valence-corrected chi connectivity index (χ1v) is 8.79.